The molecule has 0 saturated heterocycles. The number of nitrogens with one attached hydrogen (secondary N) is 1. The molecule has 1 fully saturated rings. The van der Waals surface area contributed by atoms with E-state index in [1.807, 2.05) is 0 Å². The smallest absolute Gasteiger partial charge is 0.122 e. The molecule has 1 saturated carbocycles. The van der Waals surface area contributed by atoms with E-state index in [9.17, 15) is 0 Å². The number of hydrogen-bond acceptors (Lipinski definition) is 2. The molecule has 1 aliphatic heterocycles. The van der Waals surface area contributed by atoms with Crippen molar-refractivity contribution in [2.45, 2.75) is 51.0 Å². The van der Waals surface area contributed by atoms with E-state index in [1.165, 1.54) is 37.7 Å². The van der Waals surface area contributed by atoms with Crippen LogP contribution in [0.15, 0.2) is 24.3 Å². The SMILES string of the molecule is CCNC(CCCC1COc2ccccc21)C1CC1. The van der Waals surface area contributed by atoms with Crippen molar-refractivity contribution in [1.82, 2.24) is 5.32 Å². The monoisotopic (exact) mass is 259 g/mol. The molecule has 1 N–H and O–H groups in total. The Labute approximate surface area is 116 Å². The molecule has 1 heterocycles. The summed E-state index contributed by atoms with van der Waals surface area (Å²) < 4.78 is 5.76. The molecule has 1 aromatic carbocycles. The molecule has 2 unspecified atom stereocenters. The Kier molecular flexibility index (Phi) is 4.07. The van der Waals surface area contributed by atoms with Gasteiger partial charge in [0.05, 0.1) is 6.61 Å². The van der Waals surface area contributed by atoms with Gasteiger partial charge < -0.3 is 10.1 Å². The van der Waals surface area contributed by atoms with Crippen molar-refractivity contribution >= 4 is 0 Å². The second-order valence-corrected chi connectivity index (χ2v) is 5.98. The lowest BCUT2D eigenvalue weighted by atomic mass is 9.93. The minimum absolute atomic E-state index is 0.623. The van der Waals surface area contributed by atoms with Gasteiger partial charge in [0.15, 0.2) is 0 Å². The third kappa shape index (κ3) is 3.11. The zero-order chi connectivity index (χ0) is 13.1. The molecular formula is C17H25NO. The van der Waals surface area contributed by atoms with Crippen LogP contribution in [0, 0.1) is 5.92 Å². The molecule has 2 heteroatoms. The molecule has 1 aromatic rings. The zero-order valence-electron chi connectivity index (χ0n) is 11.9. The first-order chi connectivity index (χ1) is 9.38. The predicted octanol–water partition coefficient (Wildman–Crippen LogP) is 3.72. The molecule has 0 bridgehead atoms. The summed E-state index contributed by atoms with van der Waals surface area (Å²) in [5.41, 5.74) is 1.42. The molecule has 0 radical (unpaired) electrons. The second kappa shape index (κ2) is 5.96. The van der Waals surface area contributed by atoms with Crippen molar-refractivity contribution in [1.29, 1.82) is 0 Å². The fourth-order valence-corrected chi connectivity index (χ4v) is 3.32. The van der Waals surface area contributed by atoms with E-state index in [-0.39, 0.29) is 0 Å². The van der Waals surface area contributed by atoms with Crippen molar-refractivity contribution in [3.63, 3.8) is 0 Å². The van der Waals surface area contributed by atoms with Crippen LogP contribution in [0.2, 0.25) is 0 Å². The number of rotatable bonds is 7. The maximum absolute atomic E-state index is 5.76. The van der Waals surface area contributed by atoms with Gasteiger partial charge in [0, 0.05) is 17.5 Å². The first-order valence-corrected chi connectivity index (χ1v) is 7.83. The molecule has 3 rings (SSSR count). The molecule has 0 spiro atoms. The third-order valence-corrected chi connectivity index (χ3v) is 4.52. The van der Waals surface area contributed by atoms with Gasteiger partial charge in [-0.2, -0.15) is 0 Å². The highest BCUT2D eigenvalue weighted by molar-refractivity contribution is 5.39. The Bertz CT molecular complexity index is 413. The highest BCUT2D eigenvalue weighted by Crippen LogP contribution is 2.38. The van der Waals surface area contributed by atoms with E-state index >= 15 is 0 Å². The van der Waals surface area contributed by atoms with Gasteiger partial charge in [0.2, 0.25) is 0 Å². The Balaban J connectivity index is 1.48. The molecule has 2 nitrogen and oxygen atoms in total. The van der Waals surface area contributed by atoms with Gasteiger partial charge >= 0.3 is 0 Å². The molecule has 1 aliphatic carbocycles. The van der Waals surface area contributed by atoms with Gasteiger partial charge in [-0.3, -0.25) is 0 Å². The highest BCUT2D eigenvalue weighted by Gasteiger charge is 2.30. The topological polar surface area (TPSA) is 21.3 Å². The average Bonchev–Trinajstić information content (AvgIpc) is 3.20. The van der Waals surface area contributed by atoms with Crippen LogP contribution >= 0.6 is 0 Å². The minimum Gasteiger partial charge on any atom is -0.493 e. The Morgan fingerprint density at radius 1 is 1.32 bits per heavy atom. The zero-order valence-corrected chi connectivity index (χ0v) is 11.9. The normalized spacial score (nSPS) is 22.9. The summed E-state index contributed by atoms with van der Waals surface area (Å²) >= 11 is 0. The van der Waals surface area contributed by atoms with Gasteiger partial charge in [-0.05, 0) is 44.2 Å². The molecule has 2 aliphatic rings. The van der Waals surface area contributed by atoms with Gasteiger partial charge in [-0.25, -0.2) is 0 Å². The first kappa shape index (κ1) is 13.0. The minimum atomic E-state index is 0.623. The fraction of sp³-hybridized carbons (Fsp3) is 0.647. The summed E-state index contributed by atoms with van der Waals surface area (Å²) in [4.78, 5) is 0. The van der Waals surface area contributed by atoms with Gasteiger partial charge in [0.25, 0.3) is 0 Å². The van der Waals surface area contributed by atoms with E-state index in [1.54, 1.807) is 0 Å². The number of ether oxygens (including phenoxy) is 1. The van der Waals surface area contributed by atoms with Crippen LogP contribution in [-0.4, -0.2) is 19.2 Å². The van der Waals surface area contributed by atoms with Crippen LogP contribution in [0.25, 0.3) is 0 Å². The van der Waals surface area contributed by atoms with Crippen LogP contribution in [0.1, 0.15) is 50.5 Å². The van der Waals surface area contributed by atoms with E-state index in [0.717, 1.165) is 30.9 Å². The quantitative estimate of drug-likeness (QED) is 0.805. The van der Waals surface area contributed by atoms with Crippen LogP contribution in [0.4, 0.5) is 0 Å². The van der Waals surface area contributed by atoms with Crippen molar-refractivity contribution in [3.8, 4) is 5.75 Å². The van der Waals surface area contributed by atoms with Crippen molar-refractivity contribution in [2.24, 2.45) is 5.92 Å². The molecule has 2 atom stereocenters. The summed E-state index contributed by atoms with van der Waals surface area (Å²) in [6.07, 6.45) is 6.79. The van der Waals surface area contributed by atoms with Crippen LogP contribution in [-0.2, 0) is 0 Å². The van der Waals surface area contributed by atoms with Crippen LogP contribution in [0.3, 0.4) is 0 Å². The molecular weight excluding hydrogens is 234 g/mol. The maximum atomic E-state index is 5.76. The van der Waals surface area contributed by atoms with Gasteiger partial charge in [0.1, 0.15) is 5.75 Å². The molecule has 19 heavy (non-hydrogen) atoms. The largest absolute Gasteiger partial charge is 0.493 e. The van der Waals surface area contributed by atoms with Crippen LogP contribution in [0.5, 0.6) is 5.75 Å². The standard InChI is InChI=1S/C17H25NO/c1-2-18-16(13-10-11-13)8-5-6-14-12-19-17-9-4-3-7-15(14)17/h3-4,7,9,13-14,16,18H,2,5-6,8,10-12H2,1H3. The van der Waals surface area contributed by atoms with Crippen molar-refractivity contribution in [3.05, 3.63) is 29.8 Å². The Morgan fingerprint density at radius 3 is 2.95 bits per heavy atom. The highest BCUT2D eigenvalue weighted by atomic mass is 16.5. The Hall–Kier alpha value is -1.02. The van der Waals surface area contributed by atoms with Crippen LogP contribution < -0.4 is 10.1 Å². The van der Waals surface area contributed by atoms with E-state index in [0.29, 0.717) is 5.92 Å². The molecule has 0 aromatic heterocycles. The summed E-state index contributed by atoms with van der Waals surface area (Å²) in [5.74, 6) is 2.70. The van der Waals surface area contributed by atoms with E-state index < -0.39 is 0 Å². The maximum Gasteiger partial charge on any atom is 0.122 e. The summed E-state index contributed by atoms with van der Waals surface area (Å²) in [6, 6.07) is 9.29. The van der Waals surface area contributed by atoms with Gasteiger partial charge in [-0.1, -0.05) is 31.5 Å². The number of fused-ring (bicyclic) bond motifs is 1. The predicted molar refractivity (Wildman–Crippen MR) is 78.7 cm³/mol. The lowest BCUT2D eigenvalue weighted by Crippen LogP contribution is -2.30. The number of hydrogen-bond donors (Lipinski definition) is 1. The summed E-state index contributed by atoms with van der Waals surface area (Å²) in [6.45, 7) is 4.21. The lowest BCUT2D eigenvalue weighted by molar-refractivity contribution is 0.318. The van der Waals surface area contributed by atoms with E-state index in [2.05, 4.69) is 36.5 Å². The van der Waals surface area contributed by atoms with Crippen molar-refractivity contribution < 1.29 is 4.74 Å². The van der Waals surface area contributed by atoms with Gasteiger partial charge in [-0.15, -0.1) is 0 Å². The lowest BCUT2D eigenvalue weighted by Gasteiger charge is -2.18. The first-order valence-electron chi connectivity index (χ1n) is 7.83. The number of benzene rings is 1. The Morgan fingerprint density at radius 2 is 2.16 bits per heavy atom. The fourth-order valence-electron chi connectivity index (χ4n) is 3.32. The van der Waals surface area contributed by atoms with E-state index in [4.69, 9.17) is 4.74 Å². The summed E-state index contributed by atoms with van der Waals surface area (Å²) in [5, 5.41) is 3.66. The average molecular weight is 259 g/mol. The molecule has 104 valence electrons. The van der Waals surface area contributed by atoms with Crippen molar-refractivity contribution in [2.75, 3.05) is 13.2 Å². The number of para-hydroxylation sites is 1. The molecule has 0 amide bonds. The third-order valence-electron chi connectivity index (χ3n) is 4.52. The second-order valence-electron chi connectivity index (χ2n) is 5.98. The summed E-state index contributed by atoms with van der Waals surface area (Å²) in [7, 11) is 0.